The largest absolute Gasteiger partial charge is 0.465 e. The van der Waals surface area contributed by atoms with Crippen molar-refractivity contribution in [1.82, 2.24) is 4.98 Å². The SMILES string of the molecule is COC(=O)c1cccc2c1[nH]c(=O)c1cc(C(C)C)ccc12. The number of aromatic nitrogens is 1. The number of carbonyl (C=O) groups excluding carboxylic acids is 1. The Labute approximate surface area is 127 Å². The lowest BCUT2D eigenvalue weighted by Gasteiger charge is -2.10. The van der Waals surface area contributed by atoms with E-state index in [1.54, 1.807) is 12.1 Å². The van der Waals surface area contributed by atoms with Gasteiger partial charge in [-0.25, -0.2) is 4.79 Å². The zero-order valence-corrected chi connectivity index (χ0v) is 12.8. The molecule has 0 aliphatic carbocycles. The number of ether oxygens (including phenoxy) is 1. The molecule has 0 atom stereocenters. The predicted molar refractivity (Wildman–Crippen MR) is 87.5 cm³/mol. The Hall–Kier alpha value is -2.62. The molecule has 3 rings (SSSR count). The highest BCUT2D eigenvalue weighted by molar-refractivity contribution is 6.12. The lowest BCUT2D eigenvalue weighted by atomic mass is 9.97. The fraction of sp³-hybridized carbons (Fsp3) is 0.222. The topological polar surface area (TPSA) is 59.2 Å². The normalized spacial score (nSPS) is 11.3. The summed E-state index contributed by atoms with van der Waals surface area (Å²) in [5.74, 6) is -0.111. The van der Waals surface area contributed by atoms with Gasteiger partial charge < -0.3 is 9.72 Å². The quantitative estimate of drug-likeness (QED) is 0.580. The van der Waals surface area contributed by atoms with Crippen molar-refractivity contribution in [2.45, 2.75) is 19.8 Å². The summed E-state index contributed by atoms with van der Waals surface area (Å²) in [6.45, 7) is 4.18. The molecule has 0 aliphatic heterocycles. The fourth-order valence-electron chi connectivity index (χ4n) is 2.72. The van der Waals surface area contributed by atoms with Crippen molar-refractivity contribution in [2.75, 3.05) is 7.11 Å². The van der Waals surface area contributed by atoms with Crippen molar-refractivity contribution < 1.29 is 9.53 Å². The molecule has 0 saturated heterocycles. The van der Waals surface area contributed by atoms with Gasteiger partial charge in [0.15, 0.2) is 0 Å². The maximum atomic E-state index is 12.4. The van der Waals surface area contributed by atoms with Gasteiger partial charge in [-0.1, -0.05) is 38.1 Å². The smallest absolute Gasteiger partial charge is 0.339 e. The van der Waals surface area contributed by atoms with Crippen LogP contribution >= 0.6 is 0 Å². The van der Waals surface area contributed by atoms with Gasteiger partial charge in [-0.3, -0.25) is 4.79 Å². The Kier molecular flexibility index (Phi) is 3.45. The second kappa shape index (κ2) is 5.30. The van der Waals surface area contributed by atoms with Crippen molar-refractivity contribution in [2.24, 2.45) is 0 Å². The number of nitrogens with one attached hydrogen (secondary N) is 1. The molecule has 2 aromatic carbocycles. The minimum absolute atomic E-state index is 0.193. The Morgan fingerprint density at radius 1 is 1.09 bits per heavy atom. The van der Waals surface area contributed by atoms with Gasteiger partial charge in [0.2, 0.25) is 0 Å². The molecule has 4 nitrogen and oxygen atoms in total. The number of H-pyrrole nitrogens is 1. The van der Waals surface area contributed by atoms with E-state index in [2.05, 4.69) is 18.8 Å². The number of rotatable bonds is 2. The highest BCUT2D eigenvalue weighted by atomic mass is 16.5. The van der Waals surface area contributed by atoms with Crippen LogP contribution in [-0.2, 0) is 4.74 Å². The molecule has 0 fully saturated rings. The van der Waals surface area contributed by atoms with E-state index in [1.165, 1.54) is 7.11 Å². The summed E-state index contributed by atoms with van der Waals surface area (Å²) in [5.41, 5.74) is 1.80. The van der Waals surface area contributed by atoms with Crippen molar-refractivity contribution in [1.29, 1.82) is 0 Å². The van der Waals surface area contributed by atoms with Crippen LogP contribution in [0.5, 0.6) is 0 Å². The predicted octanol–water partition coefficient (Wildman–Crippen LogP) is 3.59. The summed E-state index contributed by atoms with van der Waals surface area (Å²) in [6.07, 6.45) is 0. The van der Waals surface area contributed by atoms with Crippen LogP contribution in [0, 0.1) is 0 Å². The Morgan fingerprint density at radius 3 is 2.55 bits per heavy atom. The number of esters is 1. The third kappa shape index (κ3) is 2.17. The number of benzene rings is 2. The fourth-order valence-corrected chi connectivity index (χ4v) is 2.72. The van der Waals surface area contributed by atoms with Crippen LogP contribution in [0.1, 0.15) is 35.7 Å². The number of hydrogen-bond acceptors (Lipinski definition) is 3. The zero-order chi connectivity index (χ0) is 15.9. The summed E-state index contributed by atoms with van der Waals surface area (Å²) < 4.78 is 4.79. The van der Waals surface area contributed by atoms with Crippen LogP contribution in [0.3, 0.4) is 0 Å². The van der Waals surface area contributed by atoms with Gasteiger partial charge in [0, 0.05) is 10.8 Å². The van der Waals surface area contributed by atoms with Crippen LogP contribution in [0.15, 0.2) is 41.2 Å². The van der Waals surface area contributed by atoms with Crippen LogP contribution in [0.25, 0.3) is 21.7 Å². The molecular weight excluding hydrogens is 278 g/mol. The summed E-state index contributed by atoms with van der Waals surface area (Å²) in [4.78, 5) is 27.1. The zero-order valence-electron chi connectivity index (χ0n) is 12.8. The molecule has 0 bridgehead atoms. The van der Waals surface area contributed by atoms with E-state index < -0.39 is 5.97 Å². The van der Waals surface area contributed by atoms with Crippen LogP contribution in [-0.4, -0.2) is 18.1 Å². The van der Waals surface area contributed by atoms with Crippen LogP contribution in [0.4, 0.5) is 0 Å². The molecule has 0 unspecified atom stereocenters. The summed E-state index contributed by atoms with van der Waals surface area (Å²) in [5, 5.41) is 2.32. The van der Waals surface area contributed by atoms with E-state index in [4.69, 9.17) is 4.74 Å². The number of hydrogen-bond donors (Lipinski definition) is 1. The summed E-state index contributed by atoms with van der Waals surface area (Å²) in [6, 6.07) is 11.2. The Morgan fingerprint density at radius 2 is 1.86 bits per heavy atom. The van der Waals surface area contributed by atoms with Crippen molar-refractivity contribution in [3.05, 3.63) is 57.9 Å². The summed E-state index contributed by atoms with van der Waals surface area (Å²) >= 11 is 0. The maximum absolute atomic E-state index is 12.4. The van der Waals surface area contributed by atoms with Crippen molar-refractivity contribution in [3.8, 4) is 0 Å². The van der Waals surface area contributed by atoms with Gasteiger partial charge in [0.1, 0.15) is 0 Å². The van der Waals surface area contributed by atoms with Crippen molar-refractivity contribution >= 4 is 27.6 Å². The molecule has 0 aliphatic rings. The Bertz CT molecular complexity index is 938. The third-order valence-electron chi connectivity index (χ3n) is 3.95. The third-order valence-corrected chi connectivity index (χ3v) is 3.95. The minimum Gasteiger partial charge on any atom is -0.465 e. The number of pyridine rings is 1. The second-order valence-electron chi connectivity index (χ2n) is 5.63. The van der Waals surface area contributed by atoms with Gasteiger partial charge in [-0.15, -0.1) is 0 Å². The highest BCUT2D eigenvalue weighted by Crippen LogP contribution is 2.26. The molecular formula is C18H17NO3. The number of aromatic amines is 1. The molecule has 0 saturated carbocycles. The second-order valence-corrected chi connectivity index (χ2v) is 5.63. The molecule has 3 aromatic rings. The molecule has 4 heteroatoms. The van der Waals surface area contributed by atoms with Gasteiger partial charge in [0.25, 0.3) is 5.56 Å². The van der Waals surface area contributed by atoms with Gasteiger partial charge in [-0.2, -0.15) is 0 Å². The first-order valence-electron chi connectivity index (χ1n) is 7.20. The van der Waals surface area contributed by atoms with Gasteiger partial charge in [-0.05, 0) is 29.0 Å². The van der Waals surface area contributed by atoms with Gasteiger partial charge >= 0.3 is 5.97 Å². The van der Waals surface area contributed by atoms with Gasteiger partial charge in [0.05, 0.1) is 18.2 Å². The number of para-hydroxylation sites is 1. The maximum Gasteiger partial charge on any atom is 0.339 e. The molecule has 0 spiro atoms. The number of carbonyl (C=O) groups is 1. The first-order chi connectivity index (χ1) is 10.5. The van der Waals surface area contributed by atoms with Crippen LogP contribution in [0.2, 0.25) is 0 Å². The lowest BCUT2D eigenvalue weighted by Crippen LogP contribution is -2.11. The minimum atomic E-state index is -0.459. The molecule has 112 valence electrons. The van der Waals surface area contributed by atoms with E-state index in [9.17, 15) is 9.59 Å². The van der Waals surface area contributed by atoms with E-state index in [1.807, 2.05) is 24.3 Å². The monoisotopic (exact) mass is 295 g/mol. The molecule has 22 heavy (non-hydrogen) atoms. The average molecular weight is 295 g/mol. The van der Waals surface area contributed by atoms with Crippen molar-refractivity contribution in [3.63, 3.8) is 0 Å². The lowest BCUT2D eigenvalue weighted by molar-refractivity contribution is 0.0603. The Balaban J connectivity index is 2.42. The number of methoxy groups -OCH3 is 1. The van der Waals surface area contributed by atoms with E-state index in [-0.39, 0.29) is 5.56 Å². The highest BCUT2D eigenvalue weighted by Gasteiger charge is 2.14. The standard InChI is InChI=1S/C18H17NO3/c1-10(2)11-7-8-12-13-5-4-6-14(18(21)22-3)16(13)19-17(20)15(12)9-11/h4-10H,1-3H3,(H,19,20). The molecule has 0 amide bonds. The number of fused-ring (bicyclic) bond motifs is 3. The molecule has 1 aromatic heterocycles. The summed E-state index contributed by atoms with van der Waals surface area (Å²) in [7, 11) is 1.33. The van der Waals surface area contributed by atoms with E-state index >= 15 is 0 Å². The first-order valence-corrected chi connectivity index (χ1v) is 7.20. The molecule has 0 radical (unpaired) electrons. The molecule has 1 heterocycles. The van der Waals surface area contributed by atoms with Crippen LogP contribution < -0.4 is 5.56 Å². The molecule has 1 N–H and O–H groups in total. The van der Waals surface area contributed by atoms with E-state index in [0.29, 0.717) is 22.4 Å². The first kappa shape index (κ1) is 14.3. The van der Waals surface area contributed by atoms with E-state index in [0.717, 1.165) is 16.3 Å². The average Bonchev–Trinajstić information content (AvgIpc) is 2.53.